The summed E-state index contributed by atoms with van der Waals surface area (Å²) in [6, 6.07) is 3.50. The number of amides is 1. The molecule has 1 amide bonds. The van der Waals surface area contributed by atoms with E-state index >= 15 is 0 Å². The second-order valence-corrected chi connectivity index (χ2v) is 3.64. The van der Waals surface area contributed by atoms with Crippen molar-refractivity contribution in [3.05, 3.63) is 29.6 Å². The molecule has 0 fully saturated rings. The number of nitrogens with one attached hydrogen (secondary N) is 1. The largest absolute Gasteiger partial charge is 0.465 e. The Balaban J connectivity index is 0.00000361. The summed E-state index contributed by atoms with van der Waals surface area (Å²) in [6.07, 6.45) is -0.888. The average molecular weight is 307 g/mol. The third kappa shape index (κ3) is 4.44. The highest BCUT2D eigenvalue weighted by Crippen LogP contribution is 2.17. The first kappa shape index (κ1) is 18.3. The molecule has 6 nitrogen and oxygen atoms in total. The molecule has 1 unspecified atom stereocenters. The van der Waals surface area contributed by atoms with Crippen LogP contribution in [-0.2, 0) is 14.3 Å². The summed E-state index contributed by atoms with van der Waals surface area (Å²) >= 11 is 0. The van der Waals surface area contributed by atoms with Gasteiger partial charge in [-0.3, -0.25) is 4.79 Å². The normalized spacial score (nSPS) is 11.2. The lowest BCUT2D eigenvalue weighted by atomic mass is 10.2. The molecular formula is C12H16ClFN2O4. The number of methoxy groups -OCH3 is 2. The van der Waals surface area contributed by atoms with Crippen molar-refractivity contribution in [2.24, 2.45) is 5.73 Å². The summed E-state index contributed by atoms with van der Waals surface area (Å²) in [5.41, 5.74) is 5.31. The van der Waals surface area contributed by atoms with Crippen LogP contribution in [-0.4, -0.2) is 38.7 Å². The smallest absolute Gasteiger partial charge is 0.337 e. The van der Waals surface area contributed by atoms with Gasteiger partial charge < -0.3 is 20.5 Å². The molecule has 0 aromatic heterocycles. The molecule has 3 N–H and O–H groups in total. The number of anilines is 1. The maximum atomic E-state index is 13.5. The Morgan fingerprint density at radius 2 is 2.05 bits per heavy atom. The first-order chi connectivity index (χ1) is 9.03. The molecule has 0 saturated heterocycles. The van der Waals surface area contributed by atoms with E-state index in [1.54, 1.807) is 0 Å². The first-order valence-electron chi connectivity index (χ1n) is 5.45. The zero-order valence-electron chi connectivity index (χ0n) is 11.0. The molecule has 1 aromatic rings. The Bertz CT molecular complexity index is 481. The molecule has 0 aliphatic rings. The fourth-order valence-electron chi connectivity index (χ4n) is 1.39. The molecule has 0 saturated carbocycles. The standard InChI is InChI=1S/C12H15FN2O4.ClH/c1-18-10(6-14)11(16)15-9-5-7(12(17)19-2)3-4-8(9)13;/h3-5,10H,6,14H2,1-2H3,(H,15,16);1H. The van der Waals surface area contributed by atoms with Crippen LogP contribution in [0.3, 0.4) is 0 Å². The molecule has 0 bridgehead atoms. The zero-order valence-corrected chi connectivity index (χ0v) is 11.8. The van der Waals surface area contributed by atoms with E-state index in [-0.39, 0.29) is 30.2 Å². The van der Waals surface area contributed by atoms with Gasteiger partial charge in [0.25, 0.3) is 5.91 Å². The van der Waals surface area contributed by atoms with Crippen molar-refractivity contribution in [3.63, 3.8) is 0 Å². The summed E-state index contributed by atoms with van der Waals surface area (Å²) in [5, 5.41) is 2.30. The van der Waals surface area contributed by atoms with Crippen LogP contribution < -0.4 is 11.1 Å². The van der Waals surface area contributed by atoms with Crippen molar-refractivity contribution in [2.45, 2.75) is 6.10 Å². The van der Waals surface area contributed by atoms with Gasteiger partial charge in [0.05, 0.1) is 18.4 Å². The number of hydrogen-bond donors (Lipinski definition) is 2. The van der Waals surface area contributed by atoms with Crippen LogP contribution in [0.2, 0.25) is 0 Å². The predicted octanol–water partition coefficient (Wildman–Crippen LogP) is 0.946. The van der Waals surface area contributed by atoms with Crippen LogP contribution in [0.15, 0.2) is 18.2 Å². The fourth-order valence-corrected chi connectivity index (χ4v) is 1.39. The lowest BCUT2D eigenvalue weighted by Gasteiger charge is -2.14. The van der Waals surface area contributed by atoms with Gasteiger partial charge in [0, 0.05) is 13.7 Å². The van der Waals surface area contributed by atoms with E-state index in [0.29, 0.717) is 0 Å². The number of carbonyl (C=O) groups is 2. The molecule has 0 aliphatic heterocycles. The van der Waals surface area contributed by atoms with Gasteiger partial charge in [-0.1, -0.05) is 0 Å². The third-order valence-corrected chi connectivity index (χ3v) is 2.44. The minimum atomic E-state index is -0.888. The number of ether oxygens (including phenoxy) is 2. The molecular weight excluding hydrogens is 291 g/mol. The predicted molar refractivity (Wildman–Crippen MR) is 73.5 cm³/mol. The number of rotatable bonds is 5. The third-order valence-electron chi connectivity index (χ3n) is 2.44. The summed E-state index contributed by atoms with van der Waals surface area (Å²) < 4.78 is 22.9. The van der Waals surface area contributed by atoms with Crippen LogP contribution >= 0.6 is 12.4 Å². The van der Waals surface area contributed by atoms with Crippen LogP contribution in [0.4, 0.5) is 10.1 Å². The SMILES string of the molecule is COC(=O)c1ccc(F)c(NC(=O)C(CN)OC)c1.Cl. The molecule has 1 rings (SSSR count). The highest BCUT2D eigenvalue weighted by Gasteiger charge is 2.18. The van der Waals surface area contributed by atoms with Gasteiger partial charge in [-0.2, -0.15) is 0 Å². The Morgan fingerprint density at radius 1 is 1.40 bits per heavy atom. The molecule has 0 spiro atoms. The molecule has 8 heteroatoms. The van der Waals surface area contributed by atoms with Crippen LogP contribution in [0, 0.1) is 5.82 Å². The monoisotopic (exact) mass is 306 g/mol. The lowest BCUT2D eigenvalue weighted by Crippen LogP contribution is -2.36. The summed E-state index contributed by atoms with van der Waals surface area (Å²) in [5.74, 6) is -1.89. The van der Waals surface area contributed by atoms with Gasteiger partial charge in [-0.05, 0) is 18.2 Å². The minimum Gasteiger partial charge on any atom is -0.465 e. The first-order valence-corrected chi connectivity index (χ1v) is 5.45. The highest BCUT2D eigenvalue weighted by atomic mass is 35.5. The number of esters is 1. The topological polar surface area (TPSA) is 90.7 Å². The van der Waals surface area contributed by atoms with E-state index in [4.69, 9.17) is 10.5 Å². The van der Waals surface area contributed by atoms with Gasteiger partial charge in [-0.15, -0.1) is 12.4 Å². The Morgan fingerprint density at radius 3 is 2.55 bits per heavy atom. The molecule has 0 aliphatic carbocycles. The number of nitrogens with two attached hydrogens (primary N) is 1. The van der Waals surface area contributed by atoms with Crippen molar-refractivity contribution in [2.75, 3.05) is 26.1 Å². The van der Waals surface area contributed by atoms with Crippen LogP contribution in [0.25, 0.3) is 0 Å². The van der Waals surface area contributed by atoms with Gasteiger partial charge >= 0.3 is 5.97 Å². The number of benzene rings is 1. The van der Waals surface area contributed by atoms with E-state index < -0.39 is 23.8 Å². The quantitative estimate of drug-likeness (QED) is 0.790. The minimum absolute atomic E-state index is 0. The van der Waals surface area contributed by atoms with Crippen molar-refractivity contribution < 1.29 is 23.5 Å². The van der Waals surface area contributed by atoms with E-state index in [1.165, 1.54) is 26.4 Å². The molecule has 20 heavy (non-hydrogen) atoms. The number of carbonyl (C=O) groups excluding carboxylic acids is 2. The molecule has 0 heterocycles. The van der Waals surface area contributed by atoms with Gasteiger partial charge in [0.2, 0.25) is 0 Å². The van der Waals surface area contributed by atoms with Gasteiger partial charge in [0.15, 0.2) is 0 Å². The van der Waals surface area contributed by atoms with Crippen LogP contribution in [0.5, 0.6) is 0 Å². The number of hydrogen-bond acceptors (Lipinski definition) is 5. The van der Waals surface area contributed by atoms with Gasteiger partial charge in [-0.25, -0.2) is 9.18 Å². The lowest BCUT2D eigenvalue weighted by molar-refractivity contribution is -0.125. The molecule has 1 aromatic carbocycles. The second kappa shape index (κ2) is 8.47. The molecule has 0 radical (unpaired) electrons. The summed E-state index contributed by atoms with van der Waals surface area (Å²) in [6.45, 7) is -0.0410. The maximum Gasteiger partial charge on any atom is 0.337 e. The van der Waals surface area contributed by atoms with Crippen LogP contribution in [0.1, 0.15) is 10.4 Å². The van der Waals surface area contributed by atoms with Crippen molar-refractivity contribution in [3.8, 4) is 0 Å². The second-order valence-electron chi connectivity index (χ2n) is 3.64. The molecule has 1 atom stereocenters. The zero-order chi connectivity index (χ0) is 14.4. The van der Waals surface area contributed by atoms with E-state index in [2.05, 4.69) is 10.1 Å². The summed E-state index contributed by atoms with van der Waals surface area (Å²) in [4.78, 5) is 23.0. The van der Waals surface area contributed by atoms with E-state index in [0.717, 1.165) is 6.07 Å². The van der Waals surface area contributed by atoms with Crippen molar-refractivity contribution >= 4 is 30.0 Å². The van der Waals surface area contributed by atoms with E-state index in [1.807, 2.05) is 0 Å². The Hall–Kier alpha value is -1.70. The molecule has 112 valence electrons. The van der Waals surface area contributed by atoms with Crippen molar-refractivity contribution in [1.82, 2.24) is 0 Å². The Labute approximate surface area is 121 Å². The van der Waals surface area contributed by atoms with Crippen molar-refractivity contribution in [1.29, 1.82) is 0 Å². The van der Waals surface area contributed by atoms with E-state index in [9.17, 15) is 14.0 Å². The number of halogens is 2. The maximum absolute atomic E-state index is 13.5. The highest BCUT2D eigenvalue weighted by molar-refractivity contribution is 5.96. The van der Waals surface area contributed by atoms with Gasteiger partial charge in [0.1, 0.15) is 11.9 Å². The Kier molecular flexibility index (Phi) is 7.75. The average Bonchev–Trinajstić information content (AvgIpc) is 2.41. The fraction of sp³-hybridized carbons (Fsp3) is 0.333. The summed E-state index contributed by atoms with van der Waals surface area (Å²) in [7, 11) is 2.53.